The Balaban J connectivity index is 2.55. The molecule has 0 fully saturated rings. The van der Waals surface area contributed by atoms with E-state index < -0.39 is 6.10 Å². The lowest BCUT2D eigenvalue weighted by Gasteiger charge is -2.13. The summed E-state index contributed by atoms with van der Waals surface area (Å²) >= 11 is 0. The first-order chi connectivity index (χ1) is 8.67. The Bertz CT molecular complexity index is 360. The fourth-order valence-electron chi connectivity index (χ4n) is 1.34. The summed E-state index contributed by atoms with van der Waals surface area (Å²) in [6, 6.07) is 3.47. The van der Waals surface area contributed by atoms with Gasteiger partial charge in [0.2, 0.25) is 5.88 Å². The Morgan fingerprint density at radius 1 is 1.50 bits per heavy atom. The van der Waals surface area contributed by atoms with E-state index in [0.29, 0.717) is 30.5 Å². The van der Waals surface area contributed by atoms with E-state index in [1.165, 1.54) is 0 Å². The van der Waals surface area contributed by atoms with E-state index in [1.54, 1.807) is 19.2 Å². The van der Waals surface area contributed by atoms with Crippen LogP contribution < -0.4 is 15.8 Å². The minimum absolute atomic E-state index is 0.279. The van der Waals surface area contributed by atoms with Crippen molar-refractivity contribution in [2.45, 2.75) is 19.4 Å². The van der Waals surface area contributed by atoms with Crippen molar-refractivity contribution in [3.8, 4) is 5.88 Å². The summed E-state index contributed by atoms with van der Waals surface area (Å²) in [4.78, 5) is 4.23. The third-order valence-corrected chi connectivity index (χ3v) is 2.21. The maximum Gasteiger partial charge on any atom is 0.239 e. The molecule has 18 heavy (non-hydrogen) atoms. The van der Waals surface area contributed by atoms with Gasteiger partial charge in [0.05, 0.1) is 25.0 Å². The second-order valence-electron chi connectivity index (χ2n) is 3.93. The van der Waals surface area contributed by atoms with Gasteiger partial charge in [-0.2, -0.15) is 4.98 Å². The predicted octanol–water partition coefficient (Wildman–Crippen LogP) is 0.872. The first kappa shape index (κ1) is 14.5. The molecule has 0 radical (unpaired) electrons. The van der Waals surface area contributed by atoms with E-state index >= 15 is 0 Å². The van der Waals surface area contributed by atoms with Crippen LogP contribution in [0, 0.1) is 0 Å². The molecule has 0 saturated heterocycles. The van der Waals surface area contributed by atoms with Gasteiger partial charge in [-0.3, -0.25) is 0 Å². The molecule has 0 saturated carbocycles. The molecule has 1 rings (SSSR count). The first-order valence-electron chi connectivity index (χ1n) is 5.97. The largest absolute Gasteiger partial charge is 0.476 e. The number of nitrogens with one attached hydrogen (secondary N) is 1. The second kappa shape index (κ2) is 7.73. The molecule has 1 aromatic heterocycles. The van der Waals surface area contributed by atoms with E-state index in [4.69, 9.17) is 15.2 Å². The van der Waals surface area contributed by atoms with Gasteiger partial charge in [-0.25, -0.2) is 0 Å². The molecule has 0 aliphatic carbocycles. The molecule has 0 amide bonds. The zero-order chi connectivity index (χ0) is 13.4. The van der Waals surface area contributed by atoms with Crippen molar-refractivity contribution in [3.05, 3.63) is 12.1 Å². The highest BCUT2D eigenvalue weighted by atomic mass is 16.5. The topological polar surface area (TPSA) is 89.6 Å². The summed E-state index contributed by atoms with van der Waals surface area (Å²) in [5.74, 6) is 1.04. The van der Waals surface area contributed by atoms with Crippen molar-refractivity contribution in [2.75, 3.05) is 37.9 Å². The van der Waals surface area contributed by atoms with Crippen molar-refractivity contribution in [1.82, 2.24) is 4.98 Å². The second-order valence-corrected chi connectivity index (χ2v) is 3.93. The number of pyridine rings is 1. The summed E-state index contributed by atoms with van der Waals surface area (Å²) in [5, 5.41) is 12.5. The van der Waals surface area contributed by atoms with Gasteiger partial charge in [-0.1, -0.05) is 6.92 Å². The van der Waals surface area contributed by atoms with E-state index in [9.17, 15) is 5.11 Å². The van der Waals surface area contributed by atoms with Crippen molar-refractivity contribution >= 4 is 11.5 Å². The molecule has 102 valence electrons. The number of nitrogens with two attached hydrogens (primary N) is 1. The van der Waals surface area contributed by atoms with Crippen molar-refractivity contribution in [3.63, 3.8) is 0 Å². The molecular weight excluding hydrogens is 234 g/mol. The quantitative estimate of drug-likeness (QED) is 0.638. The van der Waals surface area contributed by atoms with Gasteiger partial charge in [0, 0.05) is 13.7 Å². The van der Waals surface area contributed by atoms with Crippen LogP contribution in [0.1, 0.15) is 13.3 Å². The Labute approximate surface area is 107 Å². The first-order valence-corrected chi connectivity index (χ1v) is 5.97. The number of hydrogen-bond acceptors (Lipinski definition) is 6. The zero-order valence-corrected chi connectivity index (χ0v) is 10.8. The Kier molecular flexibility index (Phi) is 6.24. The normalized spacial score (nSPS) is 12.2. The van der Waals surface area contributed by atoms with Gasteiger partial charge in [-0.05, 0) is 18.6 Å². The summed E-state index contributed by atoms with van der Waals surface area (Å²) < 4.78 is 10.3. The fraction of sp³-hybridized carbons (Fsp3) is 0.583. The number of anilines is 2. The Hall–Kier alpha value is -1.53. The summed E-state index contributed by atoms with van der Waals surface area (Å²) in [6.45, 7) is 3.23. The van der Waals surface area contributed by atoms with Crippen LogP contribution in [-0.2, 0) is 4.74 Å². The third kappa shape index (κ3) is 4.77. The van der Waals surface area contributed by atoms with Gasteiger partial charge in [0.25, 0.3) is 0 Å². The highest BCUT2D eigenvalue weighted by Crippen LogP contribution is 2.20. The van der Waals surface area contributed by atoms with Crippen LogP contribution in [0.15, 0.2) is 12.1 Å². The molecule has 0 aromatic carbocycles. The SMILES string of the molecule is CCCOc1nc(NCC(O)COC)ccc1N. The zero-order valence-electron chi connectivity index (χ0n) is 10.8. The lowest BCUT2D eigenvalue weighted by atomic mass is 10.3. The number of aromatic nitrogens is 1. The molecule has 1 aromatic rings. The molecule has 0 bridgehead atoms. The van der Waals surface area contributed by atoms with Gasteiger partial charge in [0.15, 0.2) is 0 Å². The Morgan fingerprint density at radius 2 is 2.28 bits per heavy atom. The molecule has 0 aliphatic rings. The molecule has 4 N–H and O–H groups in total. The van der Waals surface area contributed by atoms with Crippen LogP contribution in [0.25, 0.3) is 0 Å². The molecule has 6 nitrogen and oxygen atoms in total. The number of methoxy groups -OCH3 is 1. The minimum Gasteiger partial charge on any atom is -0.476 e. The number of nitrogen functional groups attached to an aromatic ring is 1. The van der Waals surface area contributed by atoms with Gasteiger partial charge < -0.3 is 25.6 Å². The van der Waals surface area contributed by atoms with Crippen LogP contribution in [0.2, 0.25) is 0 Å². The maximum absolute atomic E-state index is 9.50. The highest BCUT2D eigenvalue weighted by molar-refractivity contribution is 5.53. The monoisotopic (exact) mass is 255 g/mol. The number of aliphatic hydroxyl groups excluding tert-OH is 1. The molecule has 1 heterocycles. The van der Waals surface area contributed by atoms with E-state index in [0.717, 1.165) is 6.42 Å². The lowest BCUT2D eigenvalue weighted by molar-refractivity contribution is 0.0727. The van der Waals surface area contributed by atoms with Crippen LogP contribution in [0.3, 0.4) is 0 Å². The third-order valence-electron chi connectivity index (χ3n) is 2.21. The van der Waals surface area contributed by atoms with Crippen LogP contribution in [-0.4, -0.2) is 43.1 Å². The molecule has 6 heteroatoms. The fourth-order valence-corrected chi connectivity index (χ4v) is 1.34. The van der Waals surface area contributed by atoms with E-state index in [2.05, 4.69) is 10.3 Å². The summed E-state index contributed by atoms with van der Waals surface area (Å²) in [7, 11) is 1.54. The Morgan fingerprint density at radius 3 is 2.94 bits per heavy atom. The number of aliphatic hydroxyl groups is 1. The van der Waals surface area contributed by atoms with Gasteiger partial charge >= 0.3 is 0 Å². The summed E-state index contributed by atoms with van der Waals surface area (Å²) in [6.07, 6.45) is 0.320. The molecule has 0 spiro atoms. The predicted molar refractivity (Wildman–Crippen MR) is 70.8 cm³/mol. The van der Waals surface area contributed by atoms with Gasteiger partial charge in [0.1, 0.15) is 5.82 Å². The number of ether oxygens (including phenoxy) is 2. The van der Waals surface area contributed by atoms with Crippen molar-refractivity contribution in [1.29, 1.82) is 0 Å². The van der Waals surface area contributed by atoms with E-state index in [-0.39, 0.29) is 6.61 Å². The molecule has 0 aliphatic heterocycles. The summed E-state index contributed by atoms with van der Waals surface area (Å²) in [5.41, 5.74) is 6.26. The van der Waals surface area contributed by atoms with E-state index in [1.807, 2.05) is 6.92 Å². The van der Waals surface area contributed by atoms with Gasteiger partial charge in [-0.15, -0.1) is 0 Å². The number of nitrogens with zero attached hydrogens (tertiary/aromatic N) is 1. The number of rotatable bonds is 8. The molecule has 1 unspecified atom stereocenters. The van der Waals surface area contributed by atoms with Crippen molar-refractivity contribution < 1.29 is 14.6 Å². The lowest BCUT2D eigenvalue weighted by Crippen LogP contribution is -2.24. The molecular formula is C12H21N3O3. The average Bonchev–Trinajstić information content (AvgIpc) is 2.36. The molecule has 1 atom stereocenters. The van der Waals surface area contributed by atoms with Crippen LogP contribution in [0.4, 0.5) is 11.5 Å². The smallest absolute Gasteiger partial charge is 0.239 e. The van der Waals surface area contributed by atoms with Crippen LogP contribution >= 0.6 is 0 Å². The maximum atomic E-state index is 9.50. The average molecular weight is 255 g/mol. The van der Waals surface area contributed by atoms with Crippen molar-refractivity contribution in [2.24, 2.45) is 0 Å². The highest BCUT2D eigenvalue weighted by Gasteiger charge is 2.06. The number of hydrogen-bond donors (Lipinski definition) is 3. The minimum atomic E-state index is -0.575. The standard InChI is InChI=1S/C12H21N3O3/c1-3-6-18-12-10(13)4-5-11(15-12)14-7-9(16)8-17-2/h4-5,9,16H,3,6-8,13H2,1-2H3,(H,14,15). The van der Waals surface area contributed by atoms with Crippen LogP contribution in [0.5, 0.6) is 5.88 Å².